The highest BCUT2D eigenvalue weighted by Crippen LogP contribution is 2.26. The molecule has 2 aromatic heterocycles. The molecule has 7 nitrogen and oxygen atoms in total. The first kappa shape index (κ1) is 22.4. The first-order valence-electron chi connectivity index (χ1n) is 11.4. The predicted octanol–water partition coefficient (Wildman–Crippen LogP) is 4.42. The Morgan fingerprint density at radius 3 is 2.76 bits per heavy atom. The van der Waals surface area contributed by atoms with Gasteiger partial charge in [0.2, 0.25) is 0 Å². The maximum Gasteiger partial charge on any atom is 0.262 e. The Labute approximate surface area is 201 Å². The first-order valence-corrected chi connectivity index (χ1v) is 12.4. The van der Waals surface area contributed by atoms with Gasteiger partial charge in [-0.1, -0.05) is 42.1 Å². The second-order valence-electron chi connectivity index (χ2n) is 8.34. The van der Waals surface area contributed by atoms with Crippen LogP contribution in [0, 0.1) is 11.3 Å². The van der Waals surface area contributed by atoms with Crippen molar-refractivity contribution in [3.63, 3.8) is 0 Å². The number of ketones is 1. The van der Waals surface area contributed by atoms with E-state index in [1.807, 2.05) is 53.2 Å². The molecular formula is C26H24N4O3S. The Morgan fingerprint density at radius 2 is 1.97 bits per heavy atom. The summed E-state index contributed by atoms with van der Waals surface area (Å²) in [5.41, 5.74) is 2.07. The monoisotopic (exact) mass is 472 g/mol. The number of hydrogen-bond acceptors (Lipinski definition) is 6. The second-order valence-corrected chi connectivity index (χ2v) is 9.28. The summed E-state index contributed by atoms with van der Waals surface area (Å²) in [6.07, 6.45) is 4.08. The number of aryl methyl sites for hydroxylation is 1. The molecule has 4 aromatic rings. The van der Waals surface area contributed by atoms with E-state index in [1.165, 1.54) is 11.8 Å². The topological polar surface area (TPSA) is 89.9 Å². The molecule has 1 aliphatic rings. The number of benzene rings is 2. The Balaban J connectivity index is 1.45. The highest BCUT2D eigenvalue weighted by Gasteiger charge is 2.22. The first-order chi connectivity index (χ1) is 16.7. The van der Waals surface area contributed by atoms with Crippen LogP contribution in [0.5, 0.6) is 0 Å². The van der Waals surface area contributed by atoms with Gasteiger partial charge in [0.05, 0.1) is 41.8 Å². The molecule has 0 aliphatic carbocycles. The van der Waals surface area contributed by atoms with E-state index >= 15 is 0 Å². The van der Waals surface area contributed by atoms with Gasteiger partial charge in [-0.25, -0.2) is 4.98 Å². The molecule has 34 heavy (non-hydrogen) atoms. The summed E-state index contributed by atoms with van der Waals surface area (Å²) < 4.78 is 9.38. The molecule has 172 valence electrons. The SMILES string of the molecule is N#CCCn1cc(C(=O)CSc2nc3ccccc3c(=O)n2CC2CCCO2)c2ccccc21. The van der Waals surface area contributed by atoms with Gasteiger partial charge in [-0.2, -0.15) is 5.26 Å². The number of carbonyl (C=O) groups excluding carboxylic acids is 1. The number of carbonyl (C=O) groups is 1. The number of nitrogens with zero attached hydrogens (tertiary/aromatic N) is 4. The van der Waals surface area contributed by atoms with E-state index in [4.69, 9.17) is 15.0 Å². The molecule has 0 saturated carbocycles. The molecular weight excluding hydrogens is 448 g/mol. The number of Topliss-reactive ketones (excluding diaryl/α,β-unsaturated/α-hetero) is 1. The van der Waals surface area contributed by atoms with Crippen molar-refractivity contribution in [3.05, 3.63) is 70.6 Å². The van der Waals surface area contributed by atoms with Gasteiger partial charge in [0, 0.05) is 35.8 Å². The van der Waals surface area contributed by atoms with Crippen LogP contribution in [0.1, 0.15) is 29.6 Å². The molecule has 0 N–H and O–H groups in total. The van der Waals surface area contributed by atoms with E-state index in [9.17, 15) is 9.59 Å². The summed E-state index contributed by atoms with van der Waals surface area (Å²) in [4.78, 5) is 31.3. The zero-order valence-electron chi connectivity index (χ0n) is 18.6. The average Bonchev–Trinajstić information content (AvgIpc) is 3.51. The number of ether oxygens (including phenoxy) is 1. The Hall–Kier alpha value is -3.41. The van der Waals surface area contributed by atoms with E-state index in [2.05, 4.69) is 6.07 Å². The van der Waals surface area contributed by atoms with E-state index in [1.54, 1.807) is 10.6 Å². The van der Waals surface area contributed by atoms with Crippen LogP contribution in [0.25, 0.3) is 21.8 Å². The minimum atomic E-state index is -0.107. The van der Waals surface area contributed by atoms with E-state index < -0.39 is 0 Å². The van der Waals surface area contributed by atoms with Gasteiger partial charge in [0.15, 0.2) is 10.9 Å². The molecule has 1 atom stereocenters. The Bertz CT molecular complexity index is 1460. The van der Waals surface area contributed by atoms with Gasteiger partial charge in [-0.05, 0) is 31.0 Å². The zero-order chi connectivity index (χ0) is 23.5. The summed E-state index contributed by atoms with van der Waals surface area (Å²) in [6.45, 7) is 1.67. The molecule has 1 unspecified atom stereocenters. The number of fused-ring (bicyclic) bond motifs is 2. The lowest BCUT2D eigenvalue weighted by Gasteiger charge is -2.16. The third-order valence-electron chi connectivity index (χ3n) is 6.12. The molecule has 2 aromatic carbocycles. The Kier molecular flexibility index (Phi) is 6.48. The average molecular weight is 473 g/mol. The van der Waals surface area contributed by atoms with Gasteiger partial charge in [-0.3, -0.25) is 14.2 Å². The van der Waals surface area contributed by atoms with Crippen molar-refractivity contribution in [2.24, 2.45) is 0 Å². The maximum absolute atomic E-state index is 13.3. The van der Waals surface area contributed by atoms with Crippen LogP contribution in [-0.4, -0.2) is 38.4 Å². The van der Waals surface area contributed by atoms with E-state index in [-0.39, 0.29) is 23.2 Å². The van der Waals surface area contributed by atoms with Crippen molar-refractivity contribution < 1.29 is 9.53 Å². The van der Waals surface area contributed by atoms with E-state index in [0.29, 0.717) is 47.7 Å². The third kappa shape index (κ3) is 4.37. The second kappa shape index (κ2) is 9.84. The van der Waals surface area contributed by atoms with Crippen LogP contribution in [0.2, 0.25) is 0 Å². The van der Waals surface area contributed by atoms with Gasteiger partial charge in [0.25, 0.3) is 5.56 Å². The molecule has 8 heteroatoms. The molecule has 3 heterocycles. The molecule has 0 radical (unpaired) electrons. The van der Waals surface area contributed by atoms with Crippen molar-refractivity contribution in [3.8, 4) is 6.07 Å². The van der Waals surface area contributed by atoms with Crippen molar-refractivity contribution >= 4 is 39.4 Å². The van der Waals surface area contributed by atoms with Gasteiger partial charge >= 0.3 is 0 Å². The highest BCUT2D eigenvalue weighted by molar-refractivity contribution is 7.99. The smallest absolute Gasteiger partial charge is 0.262 e. The minimum Gasteiger partial charge on any atom is -0.376 e. The Morgan fingerprint density at radius 1 is 1.18 bits per heavy atom. The lowest BCUT2D eigenvalue weighted by molar-refractivity contribution is 0.0937. The fourth-order valence-corrected chi connectivity index (χ4v) is 5.33. The van der Waals surface area contributed by atoms with Crippen LogP contribution in [-0.2, 0) is 17.8 Å². The summed E-state index contributed by atoms with van der Waals surface area (Å²) in [7, 11) is 0. The quantitative estimate of drug-likeness (QED) is 0.214. The molecule has 1 saturated heterocycles. The fourth-order valence-electron chi connectivity index (χ4n) is 4.44. The maximum atomic E-state index is 13.3. The summed E-state index contributed by atoms with van der Waals surface area (Å²) in [6, 6.07) is 17.2. The molecule has 5 rings (SSSR count). The van der Waals surface area contributed by atoms with Crippen molar-refractivity contribution in [1.29, 1.82) is 5.26 Å². The van der Waals surface area contributed by atoms with Gasteiger partial charge in [-0.15, -0.1) is 0 Å². The fraction of sp³-hybridized carbons (Fsp3) is 0.308. The highest BCUT2D eigenvalue weighted by atomic mass is 32.2. The van der Waals surface area contributed by atoms with Crippen LogP contribution in [0.4, 0.5) is 0 Å². The number of nitriles is 1. The van der Waals surface area contributed by atoms with Gasteiger partial charge < -0.3 is 9.30 Å². The summed E-state index contributed by atoms with van der Waals surface area (Å²) in [5, 5.41) is 10.9. The summed E-state index contributed by atoms with van der Waals surface area (Å²) in [5.74, 6) is 0.116. The lowest BCUT2D eigenvalue weighted by atomic mass is 10.1. The van der Waals surface area contributed by atoms with Crippen LogP contribution in [0.15, 0.2) is 64.7 Å². The van der Waals surface area contributed by atoms with Crippen molar-refractivity contribution in [2.75, 3.05) is 12.4 Å². The number of rotatable bonds is 8. The van der Waals surface area contributed by atoms with Crippen LogP contribution >= 0.6 is 11.8 Å². The predicted molar refractivity (Wildman–Crippen MR) is 132 cm³/mol. The molecule has 1 aliphatic heterocycles. The molecule has 0 bridgehead atoms. The zero-order valence-corrected chi connectivity index (χ0v) is 19.5. The standard InChI is InChI=1S/C26H24N4O3S/c27-12-6-13-29-16-21(19-8-2-4-11-23(19)29)24(31)17-34-26-28-22-10-3-1-9-20(22)25(32)30(26)15-18-7-5-14-33-18/h1-4,8-11,16,18H,5-7,13-15,17H2. The minimum absolute atomic E-state index is 0.0196. The lowest BCUT2D eigenvalue weighted by Crippen LogP contribution is -2.29. The van der Waals surface area contributed by atoms with Gasteiger partial charge in [0.1, 0.15) is 0 Å². The number of para-hydroxylation sites is 2. The number of thioether (sulfide) groups is 1. The molecule has 0 spiro atoms. The normalized spacial score (nSPS) is 15.7. The molecule has 0 amide bonds. The van der Waals surface area contributed by atoms with E-state index in [0.717, 1.165) is 23.7 Å². The number of hydrogen-bond donors (Lipinski definition) is 0. The van der Waals surface area contributed by atoms with Crippen molar-refractivity contribution in [2.45, 2.75) is 43.6 Å². The van der Waals surface area contributed by atoms with Crippen LogP contribution in [0.3, 0.4) is 0 Å². The van der Waals surface area contributed by atoms with Crippen LogP contribution < -0.4 is 5.56 Å². The molecule has 1 fully saturated rings. The number of aromatic nitrogens is 3. The third-order valence-corrected chi connectivity index (χ3v) is 7.10. The largest absolute Gasteiger partial charge is 0.376 e. The summed E-state index contributed by atoms with van der Waals surface area (Å²) >= 11 is 1.28. The van der Waals surface area contributed by atoms with Crippen molar-refractivity contribution in [1.82, 2.24) is 14.1 Å².